The number of ether oxygens (including phenoxy) is 2. The molecule has 1 aliphatic heterocycles. The summed E-state index contributed by atoms with van der Waals surface area (Å²) >= 11 is 0. The second kappa shape index (κ2) is 11.9. The van der Waals surface area contributed by atoms with Gasteiger partial charge in [0.05, 0.1) is 41.7 Å². The molecule has 0 spiro atoms. The number of hydrogen-bond acceptors (Lipinski definition) is 6. The Bertz CT molecular complexity index is 967. The number of hydrogen-bond donors (Lipinski definition) is 0. The van der Waals surface area contributed by atoms with Gasteiger partial charge in [-0.25, -0.2) is 8.42 Å². The maximum Gasteiger partial charge on any atom is 0.192 e. The third kappa shape index (κ3) is 8.22. The molecular weight excluding hydrogens is 521 g/mol. The monoisotopic (exact) mass is 572 g/mol. The van der Waals surface area contributed by atoms with Gasteiger partial charge in [0.2, 0.25) is 0 Å². The predicted octanol–water partition coefficient (Wildman–Crippen LogP) is 6.68. The standard InChI is InChI=1S/C28H52O6SSi2/c1-21-24(20-35(29,30)23-16-14-13-15-17-23)26(31-8)25(33-21)18-22(34-37(11,12)28(5,6)7)19-32-36(9,10)27(2,3)4/h13-17,21-22,24-26H,18-20H2,1-12H3/t21-,22?,24-,25?,26+/m0/s1. The fraction of sp³-hybridized carbons (Fsp3) is 0.786. The average molecular weight is 573 g/mol. The molecule has 0 saturated carbocycles. The normalized spacial score (nSPS) is 24.9. The number of methoxy groups -OCH3 is 1. The maximum absolute atomic E-state index is 13.2. The zero-order valence-electron chi connectivity index (χ0n) is 25.3. The van der Waals surface area contributed by atoms with Crippen molar-refractivity contribution in [3.8, 4) is 0 Å². The molecule has 1 saturated heterocycles. The van der Waals surface area contributed by atoms with Crippen LogP contribution in [0.1, 0.15) is 54.9 Å². The van der Waals surface area contributed by atoms with Crippen molar-refractivity contribution in [2.24, 2.45) is 5.92 Å². The van der Waals surface area contributed by atoms with Crippen LogP contribution in [0.4, 0.5) is 0 Å². The molecule has 2 unspecified atom stereocenters. The first-order valence-electron chi connectivity index (χ1n) is 13.5. The van der Waals surface area contributed by atoms with Gasteiger partial charge >= 0.3 is 0 Å². The van der Waals surface area contributed by atoms with Gasteiger partial charge in [0, 0.05) is 19.4 Å². The minimum absolute atomic E-state index is 0.0125. The molecule has 1 fully saturated rings. The SMILES string of the molecule is CO[C@H]1C(CC(CO[Si](C)(C)C(C)(C)C)O[Si](C)(C)C(C)(C)C)O[C@@H](C)[C@@H]1CS(=O)(=O)c1ccccc1. The summed E-state index contributed by atoms with van der Waals surface area (Å²) in [5, 5.41) is 0.151. The Morgan fingerprint density at radius 2 is 1.49 bits per heavy atom. The lowest BCUT2D eigenvalue weighted by Crippen LogP contribution is -2.49. The highest BCUT2D eigenvalue weighted by Gasteiger charge is 2.47. The van der Waals surface area contributed by atoms with Crippen LogP contribution in [0, 0.1) is 5.92 Å². The van der Waals surface area contributed by atoms with Crippen molar-refractivity contribution in [1.29, 1.82) is 0 Å². The van der Waals surface area contributed by atoms with Gasteiger partial charge in [-0.05, 0) is 55.3 Å². The zero-order chi connectivity index (χ0) is 28.4. The summed E-state index contributed by atoms with van der Waals surface area (Å²) in [6, 6.07) is 8.63. The van der Waals surface area contributed by atoms with Crippen molar-refractivity contribution < 1.29 is 26.7 Å². The van der Waals surface area contributed by atoms with Gasteiger partial charge in [-0.3, -0.25) is 0 Å². The molecular formula is C28H52O6SSi2. The first-order chi connectivity index (χ1) is 16.7. The van der Waals surface area contributed by atoms with E-state index in [1.54, 1.807) is 31.4 Å². The summed E-state index contributed by atoms with van der Waals surface area (Å²) in [7, 11) is -5.89. The molecule has 0 aromatic heterocycles. The smallest absolute Gasteiger partial charge is 0.192 e. The van der Waals surface area contributed by atoms with Crippen LogP contribution < -0.4 is 0 Å². The lowest BCUT2D eigenvalue weighted by atomic mass is 9.96. The fourth-order valence-corrected chi connectivity index (χ4v) is 8.36. The van der Waals surface area contributed by atoms with E-state index >= 15 is 0 Å². The van der Waals surface area contributed by atoms with E-state index < -0.39 is 26.5 Å². The molecule has 2 rings (SSSR count). The van der Waals surface area contributed by atoms with Crippen LogP contribution in [-0.4, -0.2) is 68.9 Å². The molecule has 0 aliphatic carbocycles. The molecule has 6 nitrogen and oxygen atoms in total. The van der Waals surface area contributed by atoms with E-state index in [9.17, 15) is 8.42 Å². The number of benzene rings is 1. The summed E-state index contributed by atoms with van der Waals surface area (Å²) in [5.74, 6) is -0.281. The van der Waals surface area contributed by atoms with E-state index in [1.807, 2.05) is 13.0 Å². The molecule has 1 aromatic rings. The molecule has 5 atom stereocenters. The van der Waals surface area contributed by atoms with Gasteiger partial charge in [0.15, 0.2) is 26.5 Å². The van der Waals surface area contributed by atoms with Crippen LogP contribution in [-0.2, 0) is 28.2 Å². The molecule has 9 heteroatoms. The molecule has 0 radical (unpaired) electrons. The highest BCUT2D eigenvalue weighted by atomic mass is 32.2. The van der Waals surface area contributed by atoms with Crippen molar-refractivity contribution in [3.63, 3.8) is 0 Å². The van der Waals surface area contributed by atoms with E-state index in [0.29, 0.717) is 17.9 Å². The molecule has 1 aromatic carbocycles. The Kier molecular flexibility index (Phi) is 10.5. The lowest BCUT2D eigenvalue weighted by Gasteiger charge is -2.42. The third-order valence-corrected chi connectivity index (χ3v) is 19.6. The molecule has 0 bridgehead atoms. The summed E-state index contributed by atoms with van der Waals surface area (Å²) in [6.45, 7) is 24.9. The summed E-state index contributed by atoms with van der Waals surface area (Å²) in [5.41, 5.74) is 0. The second-order valence-electron chi connectivity index (χ2n) is 13.6. The van der Waals surface area contributed by atoms with Crippen molar-refractivity contribution in [2.75, 3.05) is 19.5 Å². The minimum Gasteiger partial charge on any atom is -0.414 e. The van der Waals surface area contributed by atoms with E-state index in [2.05, 4.69) is 67.7 Å². The fourth-order valence-electron chi connectivity index (χ4n) is 4.24. The zero-order valence-corrected chi connectivity index (χ0v) is 28.1. The van der Waals surface area contributed by atoms with Crippen molar-refractivity contribution in [3.05, 3.63) is 30.3 Å². The highest BCUT2D eigenvalue weighted by molar-refractivity contribution is 7.91. The number of sulfone groups is 1. The Balaban J connectivity index is 2.27. The van der Waals surface area contributed by atoms with Gasteiger partial charge in [0.1, 0.15) is 0 Å². The van der Waals surface area contributed by atoms with Gasteiger partial charge < -0.3 is 18.3 Å². The van der Waals surface area contributed by atoms with Crippen molar-refractivity contribution in [1.82, 2.24) is 0 Å². The highest BCUT2D eigenvalue weighted by Crippen LogP contribution is 2.41. The summed E-state index contributed by atoms with van der Waals surface area (Å²) in [6.07, 6.45) is -0.412. The van der Waals surface area contributed by atoms with E-state index in [1.165, 1.54) is 0 Å². The Morgan fingerprint density at radius 1 is 0.946 bits per heavy atom. The molecule has 214 valence electrons. The number of rotatable bonds is 11. The van der Waals surface area contributed by atoms with E-state index in [4.69, 9.17) is 18.3 Å². The summed E-state index contributed by atoms with van der Waals surface area (Å²) < 4.78 is 52.2. The molecule has 0 N–H and O–H groups in total. The van der Waals surface area contributed by atoms with Gasteiger partial charge in [-0.2, -0.15) is 0 Å². The Hall–Kier alpha value is -0.556. The molecule has 37 heavy (non-hydrogen) atoms. The predicted molar refractivity (Wildman–Crippen MR) is 157 cm³/mol. The van der Waals surface area contributed by atoms with Crippen LogP contribution in [0.15, 0.2) is 35.2 Å². The first-order valence-corrected chi connectivity index (χ1v) is 21.0. The van der Waals surface area contributed by atoms with Gasteiger partial charge in [0.25, 0.3) is 0 Å². The van der Waals surface area contributed by atoms with Crippen LogP contribution in [0.25, 0.3) is 0 Å². The van der Waals surface area contributed by atoms with Gasteiger partial charge in [-0.1, -0.05) is 59.7 Å². The second-order valence-corrected chi connectivity index (χ2v) is 25.2. The maximum atomic E-state index is 13.2. The molecule has 1 heterocycles. The van der Waals surface area contributed by atoms with Crippen LogP contribution in [0.2, 0.25) is 36.3 Å². The molecule has 0 amide bonds. The quantitative estimate of drug-likeness (QED) is 0.275. The summed E-state index contributed by atoms with van der Waals surface area (Å²) in [4.78, 5) is 0.336. The molecule has 1 aliphatic rings. The Labute approximate surface area is 229 Å². The topological polar surface area (TPSA) is 71.1 Å². The van der Waals surface area contributed by atoms with Crippen molar-refractivity contribution >= 4 is 26.5 Å². The first kappa shape index (κ1) is 32.7. The van der Waals surface area contributed by atoms with Crippen LogP contribution in [0.5, 0.6) is 0 Å². The largest absolute Gasteiger partial charge is 0.414 e. The average Bonchev–Trinajstić information content (AvgIpc) is 3.04. The Morgan fingerprint density at radius 3 is 1.97 bits per heavy atom. The van der Waals surface area contributed by atoms with Crippen molar-refractivity contribution in [2.45, 2.75) is 120 Å². The van der Waals surface area contributed by atoms with E-state index in [-0.39, 0.29) is 46.2 Å². The third-order valence-electron chi connectivity index (χ3n) is 8.77. The van der Waals surface area contributed by atoms with Gasteiger partial charge in [-0.15, -0.1) is 0 Å². The van der Waals surface area contributed by atoms with Crippen LogP contribution in [0.3, 0.4) is 0 Å². The van der Waals surface area contributed by atoms with Crippen LogP contribution >= 0.6 is 0 Å². The lowest BCUT2D eigenvalue weighted by molar-refractivity contribution is -0.0334. The minimum atomic E-state index is -3.47. The van der Waals surface area contributed by atoms with E-state index in [0.717, 1.165) is 0 Å².